The van der Waals surface area contributed by atoms with E-state index in [9.17, 15) is 0 Å². The molecule has 93 heavy (non-hydrogen) atoms. The summed E-state index contributed by atoms with van der Waals surface area (Å²) in [5, 5.41) is 4.93. The lowest BCUT2D eigenvalue weighted by molar-refractivity contribution is 0.769. The summed E-state index contributed by atoms with van der Waals surface area (Å²) in [5.74, 6) is 0. The Morgan fingerprint density at radius 3 is 0.968 bits per heavy atom. The molecule has 434 valence electrons. The van der Waals surface area contributed by atoms with Crippen molar-refractivity contribution in [3.8, 4) is 100 Å². The van der Waals surface area contributed by atoms with E-state index in [1.807, 2.05) is 0 Å². The van der Waals surface area contributed by atoms with Crippen molar-refractivity contribution in [2.45, 2.75) is 5.41 Å². The van der Waals surface area contributed by atoms with E-state index in [-0.39, 0.29) is 0 Å². The fourth-order valence-electron chi connectivity index (χ4n) is 15.3. The zero-order valence-electron chi connectivity index (χ0n) is 51.0. The molecule has 2 heterocycles. The van der Waals surface area contributed by atoms with E-state index in [4.69, 9.17) is 0 Å². The molecule has 0 saturated carbocycles. The lowest BCUT2D eigenvalue weighted by Gasteiger charge is -2.34. The molecule has 0 atom stereocenters. The number of rotatable bonds is 11. The summed E-state index contributed by atoms with van der Waals surface area (Å²) in [6, 6.07) is 135. The minimum atomic E-state index is -0.524. The van der Waals surface area contributed by atoms with E-state index in [1.165, 1.54) is 161 Å². The second-order valence-corrected chi connectivity index (χ2v) is 24.7. The quantitative estimate of drug-likeness (QED) is 0.122. The molecule has 0 saturated heterocycles. The Morgan fingerprint density at radius 2 is 0.484 bits per heavy atom. The molecule has 2 aromatic heterocycles. The van der Waals surface area contributed by atoms with E-state index >= 15 is 0 Å². The summed E-state index contributed by atoms with van der Waals surface area (Å²) in [6.07, 6.45) is 0. The third kappa shape index (κ3) is 8.86. The van der Waals surface area contributed by atoms with E-state index < -0.39 is 5.41 Å². The van der Waals surface area contributed by atoms with Gasteiger partial charge in [-0.25, -0.2) is 0 Å². The Hall–Kier alpha value is -12.1. The summed E-state index contributed by atoms with van der Waals surface area (Å²) < 4.78 is 4.90. The van der Waals surface area contributed by atoms with Gasteiger partial charge in [-0.05, 0) is 155 Å². The molecule has 0 N–H and O–H groups in total. The number of hydrogen-bond donors (Lipinski definition) is 0. The molecule has 15 aromatic carbocycles. The van der Waals surface area contributed by atoms with Gasteiger partial charge >= 0.3 is 0 Å². The molecule has 1 aliphatic rings. The molecular weight excluding hydrogens is 1120 g/mol. The van der Waals surface area contributed by atoms with Crippen LogP contribution in [0.1, 0.15) is 22.3 Å². The van der Waals surface area contributed by atoms with Crippen LogP contribution in [0.4, 0.5) is 0 Å². The van der Waals surface area contributed by atoms with E-state index in [0.717, 1.165) is 5.69 Å². The molecule has 0 unspecified atom stereocenters. The largest absolute Gasteiger partial charge is 0.309 e. The molecular formula is C91H60N2. The maximum Gasteiger partial charge on any atom is 0.0713 e. The van der Waals surface area contributed by atoms with Crippen LogP contribution in [0.2, 0.25) is 0 Å². The normalized spacial score (nSPS) is 12.4. The molecule has 0 fully saturated rings. The van der Waals surface area contributed by atoms with Gasteiger partial charge in [-0.2, -0.15) is 0 Å². The topological polar surface area (TPSA) is 9.86 Å². The van der Waals surface area contributed by atoms with Gasteiger partial charge in [-0.1, -0.05) is 309 Å². The van der Waals surface area contributed by atoms with Crippen molar-refractivity contribution in [2.24, 2.45) is 0 Å². The Kier molecular flexibility index (Phi) is 12.8. The fourth-order valence-corrected chi connectivity index (χ4v) is 15.3. The molecule has 2 nitrogen and oxygen atoms in total. The van der Waals surface area contributed by atoms with Crippen LogP contribution in [-0.4, -0.2) is 9.13 Å². The highest BCUT2D eigenvalue weighted by atomic mass is 15.0. The first-order valence-corrected chi connectivity index (χ1v) is 32.2. The van der Waals surface area contributed by atoms with Crippen molar-refractivity contribution in [1.82, 2.24) is 9.13 Å². The van der Waals surface area contributed by atoms with Crippen molar-refractivity contribution >= 4 is 43.6 Å². The molecule has 1 aliphatic carbocycles. The van der Waals surface area contributed by atoms with Crippen LogP contribution in [0.3, 0.4) is 0 Å². The van der Waals surface area contributed by atoms with Gasteiger partial charge in [0.2, 0.25) is 0 Å². The molecule has 0 bridgehead atoms. The highest BCUT2D eigenvalue weighted by Crippen LogP contribution is 2.57. The van der Waals surface area contributed by atoms with E-state index in [0.29, 0.717) is 0 Å². The van der Waals surface area contributed by atoms with Gasteiger partial charge in [-0.15, -0.1) is 0 Å². The Bertz CT molecular complexity index is 5650. The third-order valence-electron chi connectivity index (χ3n) is 19.7. The average molecular weight is 1180 g/mol. The van der Waals surface area contributed by atoms with Gasteiger partial charge in [-0.3, -0.25) is 0 Å². The number of benzene rings is 15. The summed E-state index contributed by atoms with van der Waals surface area (Å²) >= 11 is 0. The van der Waals surface area contributed by atoms with E-state index in [2.05, 4.69) is 373 Å². The van der Waals surface area contributed by atoms with Crippen LogP contribution < -0.4 is 0 Å². The van der Waals surface area contributed by atoms with Crippen LogP contribution in [-0.2, 0) is 5.41 Å². The van der Waals surface area contributed by atoms with Crippen LogP contribution >= 0.6 is 0 Å². The predicted molar refractivity (Wildman–Crippen MR) is 390 cm³/mol. The molecule has 0 amide bonds. The SMILES string of the molecule is c1ccc(-c2ccc(-c3ccc(C4(c5cccc(-c6ccc(-c7ccc(-c8ccccc8-n8c9ccccc9c9cc(-c%10ccc%11c(c%10)c%10ccccc%10n%11-c%10ccccc%10-c%10ccccc%10)ccc98)cc7)cc6)c5)c5ccccc5-c5ccccc54)cc3)cc2)cc1. The first-order valence-electron chi connectivity index (χ1n) is 32.2. The third-order valence-corrected chi connectivity index (χ3v) is 19.7. The second kappa shape index (κ2) is 22.1. The van der Waals surface area contributed by atoms with Crippen LogP contribution in [0.5, 0.6) is 0 Å². The maximum atomic E-state index is 2.46. The zero-order chi connectivity index (χ0) is 61.4. The van der Waals surface area contributed by atoms with Crippen LogP contribution in [0.15, 0.2) is 364 Å². The fraction of sp³-hybridized carbons (Fsp3) is 0.0110. The van der Waals surface area contributed by atoms with Gasteiger partial charge in [0.15, 0.2) is 0 Å². The second-order valence-electron chi connectivity index (χ2n) is 24.7. The van der Waals surface area contributed by atoms with Gasteiger partial charge in [0.05, 0.1) is 38.9 Å². The minimum Gasteiger partial charge on any atom is -0.309 e. The van der Waals surface area contributed by atoms with Crippen molar-refractivity contribution in [2.75, 3.05) is 0 Å². The van der Waals surface area contributed by atoms with Gasteiger partial charge < -0.3 is 9.13 Å². The zero-order valence-corrected chi connectivity index (χ0v) is 51.0. The highest BCUT2D eigenvalue weighted by molar-refractivity contribution is 6.13. The Labute approximate surface area is 541 Å². The first kappa shape index (κ1) is 53.9. The molecule has 0 radical (unpaired) electrons. The highest BCUT2D eigenvalue weighted by Gasteiger charge is 2.46. The summed E-state index contributed by atoms with van der Waals surface area (Å²) in [7, 11) is 0. The first-order chi connectivity index (χ1) is 46.1. The summed E-state index contributed by atoms with van der Waals surface area (Å²) in [6.45, 7) is 0. The van der Waals surface area contributed by atoms with E-state index in [1.54, 1.807) is 0 Å². The Morgan fingerprint density at radius 1 is 0.172 bits per heavy atom. The standard InChI is InChI=1S/C91H60N2/c1-3-20-61(21-4-1)62-38-40-64(41-39-62)66-50-54-73(55-51-66)91(83-32-13-7-28-77(83)78-29-8-14-33-84(78)91)74-25-19-24-70(58-74)67-44-42-63(43-45-67)65-46-48-69(49-47-65)76-27-10-16-35-86(76)93-88-37-18-12-31-80(88)82-60-72(53-57-90(82)93)71-52-56-89-81(59-71)79-30-11-17-36-87(79)92(89)85-34-15-9-26-75(85)68-22-5-2-6-23-68/h1-60H. The summed E-state index contributed by atoms with van der Waals surface area (Å²) in [4.78, 5) is 0. The molecule has 17 aromatic rings. The molecule has 0 aliphatic heterocycles. The van der Waals surface area contributed by atoms with Gasteiger partial charge in [0.25, 0.3) is 0 Å². The monoisotopic (exact) mass is 1180 g/mol. The van der Waals surface area contributed by atoms with Crippen LogP contribution in [0.25, 0.3) is 144 Å². The molecule has 0 spiro atoms. The van der Waals surface area contributed by atoms with Crippen LogP contribution in [0, 0.1) is 0 Å². The lowest BCUT2D eigenvalue weighted by atomic mass is 9.67. The van der Waals surface area contributed by atoms with Crippen molar-refractivity contribution in [1.29, 1.82) is 0 Å². The summed E-state index contributed by atoms with van der Waals surface area (Å²) in [5.41, 5.74) is 30.9. The average Bonchev–Trinajstić information content (AvgIpc) is 1.57. The van der Waals surface area contributed by atoms with Crippen molar-refractivity contribution < 1.29 is 0 Å². The number of para-hydroxylation sites is 4. The van der Waals surface area contributed by atoms with Gasteiger partial charge in [0.1, 0.15) is 0 Å². The smallest absolute Gasteiger partial charge is 0.0713 e. The number of hydrogen-bond acceptors (Lipinski definition) is 0. The van der Waals surface area contributed by atoms with Crippen molar-refractivity contribution in [3.05, 3.63) is 386 Å². The minimum absolute atomic E-state index is 0.524. The molecule has 18 rings (SSSR count). The number of nitrogens with zero attached hydrogens (tertiary/aromatic N) is 2. The maximum absolute atomic E-state index is 2.46. The van der Waals surface area contributed by atoms with Crippen molar-refractivity contribution in [3.63, 3.8) is 0 Å². The Balaban J connectivity index is 0.653. The van der Waals surface area contributed by atoms with Gasteiger partial charge in [0, 0.05) is 32.7 Å². The lowest BCUT2D eigenvalue weighted by Crippen LogP contribution is -2.28. The predicted octanol–water partition coefficient (Wildman–Crippen LogP) is 23.9. The molecule has 2 heteroatoms. The number of fused-ring (bicyclic) bond motifs is 9. The number of aromatic nitrogens is 2.